The summed E-state index contributed by atoms with van der Waals surface area (Å²) < 4.78 is 0. The highest BCUT2D eigenvalue weighted by Gasteiger charge is 2.42. The molecule has 0 bridgehead atoms. The third-order valence-corrected chi connectivity index (χ3v) is 3.36. The van der Waals surface area contributed by atoms with Crippen molar-refractivity contribution in [3.63, 3.8) is 0 Å². The number of carbonyl (C=O) groups excluding carboxylic acids is 2. The Hall–Kier alpha value is -1.06. The molecule has 92 valence electrons. The normalized spacial score (nSPS) is 26.4. The summed E-state index contributed by atoms with van der Waals surface area (Å²) in [5.41, 5.74) is -0.703. The van der Waals surface area contributed by atoms with Crippen LogP contribution in [0.1, 0.15) is 52.9 Å². The van der Waals surface area contributed by atoms with Crippen LogP contribution in [0.2, 0.25) is 0 Å². The van der Waals surface area contributed by atoms with E-state index < -0.39 is 5.54 Å². The van der Waals surface area contributed by atoms with Crippen molar-refractivity contribution in [3.8, 4) is 0 Å². The van der Waals surface area contributed by atoms with Crippen LogP contribution in [0.25, 0.3) is 0 Å². The average Bonchev–Trinajstić information content (AvgIpc) is 2.47. The molecule has 1 rings (SSSR count). The van der Waals surface area contributed by atoms with E-state index in [0.717, 1.165) is 19.3 Å². The summed E-state index contributed by atoms with van der Waals surface area (Å²) in [6, 6.07) is -0.363. The Morgan fingerprint density at radius 2 is 2.00 bits per heavy atom. The van der Waals surface area contributed by atoms with Gasteiger partial charge < -0.3 is 5.32 Å². The van der Waals surface area contributed by atoms with Gasteiger partial charge in [-0.2, -0.15) is 0 Å². The zero-order valence-corrected chi connectivity index (χ0v) is 10.4. The maximum absolute atomic E-state index is 11.6. The Kier molecular flexibility index (Phi) is 4.33. The fraction of sp³-hybridized carbons (Fsp3) is 0.833. The molecule has 2 unspecified atom stereocenters. The highest BCUT2D eigenvalue weighted by molar-refractivity contribution is 6.06. The van der Waals surface area contributed by atoms with Gasteiger partial charge in [0.2, 0.25) is 0 Å². The summed E-state index contributed by atoms with van der Waals surface area (Å²) in [4.78, 5) is 22.7. The fourth-order valence-electron chi connectivity index (χ4n) is 2.24. The summed E-state index contributed by atoms with van der Waals surface area (Å²) in [5, 5.41) is 5.03. The lowest BCUT2D eigenvalue weighted by Crippen LogP contribution is -2.45. The summed E-state index contributed by atoms with van der Waals surface area (Å²) in [5.74, 6) is 0.321. The molecule has 4 heteroatoms. The number of nitrogens with one attached hydrogen (secondary N) is 2. The van der Waals surface area contributed by atoms with Gasteiger partial charge in [0, 0.05) is 0 Å². The number of hydrogen-bond donors (Lipinski definition) is 2. The molecule has 1 aliphatic heterocycles. The van der Waals surface area contributed by atoms with Crippen LogP contribution in [0.4, 0.5) is 4.79 Å². The predicted molar refractivity (Wildman–Crippen MR) is 63.0 cm³/mol. The molecule has 1 heterocycles. The maximum Gasteiger partial charge on any atom is 0.322 e. The number of amides is 3. The van der Waals surface area contributed by atoms with Crippen LogP contribution in [0, 0.1) is 5.92 Å². The molecule has 1 fully saturated rings. The molecule has 0 aliphatic carbocycles. The Morgan fingerprint density at radius 3 is 2.44 bits per heavy atom. The first kappa shape index (κ1) is 13.0. The second kappa shape index (κ2) is 5.32. The van der Waals surface area contributed by atoms with E-state index in [9.17, 15) is 9.59 Å². The van der Waals surface area contributed by atoms with Crippen LogP contribution < -0.4 is 10.6 Å². The topological polar surface area (TPSA) is 58.2 Å². The van der Waals surface area contributed by atoms with Crippen molar-refractivity contribution in [1.82, 2.24) is 10.6 Å². The molecule has 0 aromatic rings. The van der Waals surface area contributed by atoms with Crippen molar-refractivity contribution >= 4 is 11.9 Å². The van der Waals surface area contributed by atoms with Crippen molar-refractivity contribution in [1.29, 1.82) is 0 Å². The average molecular weight is 226 g/mol. The molecule has 1 aliphatic rings. The van der Waals surface area contributed by atoms with Gasteiger partial charge in [0.25, 0.3) is 5.91 Å². The van der Waals surface area contributed by atoms with Crippen LogP contribution in [0.15, 0.2) is 0 Å². The van der Waals surface area contributed by atoms with E-state index in [1.54, 1.807) is 0 Å². The summed E-state index contributed by atoms with van der Waals surface area (Å²) in [7, 11) is 0. The predicted octanol–water partition coefficient (Wildman–Crippen LogP) is 2.19. The van der Waals surface area contributed by atoms with E-state index in [1.807, 2.05) is 6.92 Å². The van der Waals surface area contributed by atoms with Crippen LogP contribution in [-0.2, 0) is 4.79 Å². The van der Waals surface area contributed by atoms with E-state index >= 15 is 0 Å². The lowest BCUT2D eigenvalue weighted by Gasteiger charge is -2.26. The number of unbranched alkanes of at least 4 members (excludes halogenated alkanes) is 1. The summed E-state index contributed by atoms with van der Waals surface area (Å²) >= 11 is 0. The minimum Gasteiger partial charge on any atom is -0.324 e. The van der Waals surface area contributed by atoms with Gasteiger partial charge in [0.05, 0.1) is 0 Å². The van der Waals surface area contributed by atoms with Gasteiger partial charge in [-0.25, -0.2) is 4.79 Å². The molecule has 0 spiro atoms. The molecule has 0 saturated carbocycles. The van der Waals surface area contributed by atoms with E-state index in [1.165, 1.54) is 12.8 Å². The fourth-order valence-corrected chi connectivity index (χ4v) is 2.24. The van der Waals surface area contributed by atoms with Crippen molar-refractivity contribution in [3.05, 3.63) is 0 Å². The van der Waals surface area contributed by atoms with Crippen LogP contribution in [-0.4, -0.2) is 17.5 Å². The smallest absolute Gasteiger partial charge is 0.322 e. The second-order valence-electron chi connectivity index (χ2n) is 4.86. The number of imide groups is 1. The molecule has 2 atom stereocenters. The largest absolute Gasteiger partial charge is 0.324 e. The minimum atomic E-state index is -0.703. The molecular weight excluding hydrogens is 204 g/mol. The van der Waals surface area contributed by atoms with Gasteiger partial charge in [-0.15, -0.1) is 0 Å². The molecular formula is C12H22N2O2. The van der Waals surface area contributed by atoms with Gasteiger partial charge in [0.15, 0.2) is 0 Å². The SMILES string of the molecule is CCCCC(CC)CC1(C)NC(=O)NC1=O. The number of hydrogen-bond acceptors (Lipinski definition) is 2. The molecule has 1 saturated heterocycles. The van der Waals surface area contributed by atoms with Crippen molar-refractivity contribution in [2.24, 2.45) is 5.92 Å². The van der Waals surface area contributed by atoms with Crippen molar-refractivity contribution < 1.29 is 9.59 Å². The van der Waals surface area contributed by atoms with E-state index in [2.05, 4.69) is 24.5 Å². The lowest BCUT2D eigenvalue weighted by atomic mass is 9.85. The maximum atomic E-state index is 11.6. The van der Waals surface area contributed by atoms with Crippen LogP contribution in [0.5, 0.6) is 0 Å². The lowest BCUT2D eigenvalue weighted by molar-refractivity contribution is -0.124. The van der Waals surface area contributed by atoms with E-state index in [0.29, 0.717) is 5.92 Å². The summed E-state index contributed by atoms with van der Waals surface area (Å²) in [6.07, 6.45) is 5.28. The molecule has 3 amide bonds. The first-order valence-electron chi connectivity index (χ1n) is 6.15. The monoisotopic (exact) mass is 226 g/mol. The van der Waals surface area contributed by atoms with Crippen molar-refractivity contribution in [2.45, 2.75) is 58.4 Å². The molecule has 0 aromatic carbocycles. The van der Waals surface area contributed by atoms with Crippen molar-refractivity contribution in [2.75, 3.05) is 0 Å². The number of urea groups is 1. The highest BCUT2D eigenvalue weighted by Crippen LogP contribution is 2.26. The number of rotatable bonds is 6. The van der Waals surface area contributed by atoms with Crippen LogP contribution >= 0.6 is 0 Å². The van der Waals surface area contributed by atoms with Gasteiger partial charge in [-0.1, -0.05) is 39.5 Å². The highest BCUT2D eigenvalue weighted by atomic mass is 16.2. The van der Waals surface area contributed by atoms with Gasteiger partial charge in [0.1, 0.15) is 5.54 Å². The standard InChI is InChI=1S/C12H22N2O2/c1-4-6-7-9(5-2)8-12(3)10(15)13-11(16)14-12/h9H,4-8H2,1-3H3,(H2,13,14,15,16). The first-order chi connectivity index (χ1) is 7.51. The Labute approximate surface area is 97.2 Å². The quantitative estimate of drug-likeness (QED) is 0.682. The Balaban J connectivity index is 2.56. The Morgan fingerprint density at radius 1 is 1.31 bits per heavy atom. The van der Waals surface area contributed by atoms with Crippen LogP contribution in [0.3, 0.4) is 0 Å². The first-order valence-corrected chi connectivity index (χ1v) is 6.15. The minimum absolute atomic E-state index is 0.188. The molecule has 0 aromatic heterocycles. The van der Waals surface area contributed by atoms with Gasteiger partial charge in [-0.05, 0) is 19.3 Å². The third kappa shape index (κ3) is 2.97. The molecule has 0 radical (unpaired) electrons. The zero-order chi connectivity index (χ0) is 12.2. The molecule has 4 nitrogen and oxygen atoms in total. The Bertz CT molecular complexity index is 278. The molecule has 16 heavy (non-hydrogen) atoms. The summed E-state index contributed by atoms with van der Waals surface area (Å²) in [6.45, 7) is 6.11. The van der Waals surface area contributed by atoms with Gasteiger partial charge in [-0.3, -0.25) is 10.1 Å². The van der Waals surface area contributed by atoms with Gasteiger partial charge >= 0.3 is 6.03 Å². The molecule has 2 N–H and O–H groups in total. The third-order valence-electron chi connectivity index (χ3n) is 3.36. The zero-order valence-electron chi connectivity index (χ0n) is 10.4. The second-order valence-corrected chi connectivity index (χ2v) is 4.86. The van der Waals surface area contributed by atoms with E-state index in [4.69, 9.17) is 0 Å². The number of carbonyl (C=O) groups is 2. The van der Waals surface area contributed by atoms with E-state index in [-0.39, 0.29) is 11.9 Å².